The zero-order valence-electron chi connectivity index (χ0n) is 13.2. The molecule has 1 aromatic heterocycles. The summed E-state index contributed by atoms with van der Waals surface area (Å²) in [5.41, 5.74) is 0.695. The second-order valence-corrected chi connectivity index (χ2v) is 6.05. The highest BCUT2D eigenvalue weighted by molar-refractivity contribution is 6.28. The molecule has 0 saturated heterocycles. The summed E-state index contributed by atoms with van der Waals surface area (Å²) in [5.74, 6) is 1.90. The number of anilines is 1. The van der Waals surface area contributed by atoms with Gasteiger partial charge in [-0.15, -0.1) is 0 Å². The smallest absolute Gasteiger partial charge is 0.224 e. The number of hydrogen-bond donors (Lipinski definition) is 2. The van der Waals surface area contributed by atoms with Crippen molar-refractivity contribution in [3.63, 3.8) is 0 Å². The van der Waals surface area contributed by atoms with Gasteiger partial charge in [0.1, 0.15) is 5.82 Å². The fraction of sp³-hybridized carbons (Fsp3) is 0.500. The molecule has 2 N–H and O–H groups in total. The first-order valence-corrected chi connectivity index (χ1v) is 8.02. The molecule has 0 bridgehead atoms. The van der Waals surface area contributed by atoms with Crippen molar-refractivity contribution >= 4 is 28.3 Å². The van der Waals surface area contributed by atoms with Crippen molar-refractivity contribution in [3.8, 4) is 11.5 Å². The Hall–Kier alpha value is -1.79. The lowest BCUT2D eigenvalue weighted by atomic mass is 9.93. The minimum Gasteiger partial charge on any atom is -0.493 e. The van der Waals surface area contributed by atoms with E-state index in [1.165, 1.54) is 0 Å². The van der Waals surface area contributed by atoms with Crippen molar-refractivity contribution in [3.05, 3.63) is 17.4 Å². The van der Waals surface area contributed by atoms with E-state index in [4.69, 9.17) is 21.1 Å². The van der Waals surface area contributed by atoms with E-state index in [-0.39, 0.29) is 17.4 Å². The Labute approximate surface area is 139 Å². The van der Waals surface area contributed by atoms with Gasteiger partial charge in [-0.1, -0.05) is 0 Å². The van der Waals surface area contributed by atoms with Crippen LogP contribution in [-0.2, 0) is 0 Å². The van der Waals surface area contributed by atoms with Crippen molar-refractivity contribution in [2.45, 2.75) is 37.8 Å². The fourth-order valence-electron chi connectivity index (χ4n) is 2.95. The third kappa shape index (κ3) is 3.43. The van der Waals surface area contributed by atoms with Crippen LogP contribution in [0.2, 0.25) is 5.28 Å². The van der Waals surface area contributed by atoms with E-state index in [0.717, 1.165) is 31.1 Å². The normalized spacial score (nSPS) is 21.2. The molecule has 0 amide bonds. The first kappa shape index (κ1) is 16.1. The maximum absolute atomic E-state index is 9.63. The minimum absolute atomic E-state index is 0.183. The molecule has 1 aliphatic carbocycles. The molecule has 1 saturated carbocycles. The Bertz CT molecular complexity index is 703. The van der Waals surface area contributed by atoms with Crippen LogP contribution < -0.4 is 14.8 Å². The molecule has 0 atom stereocenters. The van der Waals surface area contributed by atoms with E-state index >= 15 is 0 Å². The average molecular weight is 338 g/mol. The number of rotatable bonds is 4. The van der Waals surface area contributed by atoms with Crippen LogP contribution in [0.5, 0.6) is 11.5 Å². The highest BCUT2D eigenvalue weighted by Gasteiger charge is 2.21. The predicted molar refractivity (Wildman–Crippen MR) is 89.5 cm³/mol. The number of aliphatic hydroxyl groups is 1. The molecule has 1 heterocycles. The molecule has 0 radical (unpaired) electrons. The maximum atomic E-state index is 9.63. The summed E-state index contributed by atoms with van der Waals surface area (Å²) in [6.45, 7) is 0. The standard InChI is InChI=1S/C16H20ClN3O3/c1-22-13-7-11-12(8-14(13)23-2)19-16(17)20-15(11)18-9-3-5-10(21)6-4-9/h7-10,21H,3-6H2,1-2H3,(H,18,19,20). The Balaban J connectivity index is 1.98. The molecule has 7 heteroatoms. The van der Waals surface area contributed by atoms with E-state index in [1.54, 1.807) is 20.3 Å². The van der Waals surface area contributed by atoms with Gasteiger partial charge in [0.2, 0.25) is 5.28 Å². The first-order chi connectivity index (χ1) is 11.1. The Kier molecular flexibility index (Phi) is 4.73. The van der Waals surface area contributed by atoms with Crippen LogP contribution in [0.4, 0.5) is 5.82 Å². The van der Waals surface area contributed by atoms with Gasteiger partial charge in [-0.25, -0.2) is 9.97 Å². The van der Waals surface area contributed by atoms with Crippen LogP contribution in [0.25, 0.3) is 10.9 Å². The van der Waals surface area contributed by atoms with Gasteiger partial charge in [0.15, 0.2) is 11.5 Å². The molecule has 1 fully saturated rings. The summed E-state index contributed by atoms with van der Waals surface area (Å²) >= 11 is 6.06. The number of benzene rings is 1. The van der Waals surface area contributed by atoms with Crippen LogP contribution >= 0.6 is 11.6 Å². The molecule has 6 nitrogen and oxygen atoms in total. The number of nitrogens with zero attached hydrogens (tertiary/aromatic N) is 2. The van der Waals surface area contributed by atoms with Crippen molar-refractivity contribution in [2.75, 3.05) is 19.5 Å². The molecule has 0 spiro atoms. The van der Waals surface area contributed by atoms with Gasteiger partial charge in [-0.3, -0.25) is 0 Å². The van der Waals surface area contributed by atoms with Gasteiger partial charge < -0.3 is 19.9 Å². The van der Waals surface area contributed by atoms with E-state index in [1.807, 2.05) is 6.07 Å². The number of methoxy groups -OCH3 is 2. The van der Waals surface area contributed by atoms with Crippen molar-refractivity contribution in [1.29, 1.82) is 0 Å². The summed E-state index contributed by atoms with van der Waals surface area (Å²) < 4.78 is 10.7. The fourth-order valence-corrected chi connectivity index (χ4v) is 3.13. The summed E-state index contributed by atoms with van der Waals surface area (Å²) in [6.07, 6.45) is 3.20. The second-order valence-electron chi connectivity index (χ2n) is 5.72. The molecular formula is C16H20ClN3O3. The number of hydrogen-bond acceptors (Lipinski definition) is 6. The van der Waals surface area contributed by atoms with E-state index in [2.05, 4.69) is 15.3 Å². The SMILES string of the molecule is COc1cc2nc(Cl)nc(NC3CCC(O)CC3)c2cc1OC. The second kappa shape index (κ2) is 6.76. The average Bonchev–Trinajstić information content (AvgIpc) is 2.55. The van der Waals surface area contributed by atoms with Gasteiger partial charge >= 0.3 is 0 Å². The van der Waals surface area contributed by atoms with Gasteiger partial charge in [0.05, 0.1) is 25.8 Å². The van der Waals surface area contributed by atoms with Crippen molar-refractivity contribution in [1.82, 2.24) is 9.97 Å². The lowest BCUT2D eigenvalue weighted by Crippen LogP contribution is -2.28. The summed E-state index contributed by atoms with van der Waals surface area (Å²) in [4.78, 5) is 8.59. The highest BCUT2D eigenvalue weighted by atomic mass is 35.5. The third-order valence-electron chi connectivity index (χ3n) is 4.21. The monoisotopic (exact) mass is 337 g/mol. The zero-order valence-corrected chi connectivity index (χ0v) is 13.9. The van der Waals surface area contributed by atoms with E-state index in [0.29, 0.717) is 22.8 Å². The lowest BCUT2D eigenvalue weighted by Gasteiger charge is -2.27. The van der Waals surface area contributed by atoms with E-state index < -0.39 is 0 Å². The molecule has 1 aromatic carbocycles. The van der Waals surface area contributed by atoms with E-state index in [9.17, 15) is 5.11 Å². The molecule has 2 aromatic rings. The topological polar surface area (TPSA) is 76.5 Å². The van der Waals surface area contributed by atoms with Crippen LogP contribution in [0.3, 0.4) is 0 Å². The van der Waals surface area contributed by atoms with Crippen LogP contribution in [0.15, 0.2) is 12.1 Å². The molecular weight excluding hydrogens is 318 g/mol. The van der Waals surface area contributed by atoms with Gasteiger partial charge in [-0.2, -0.15) is 0 Å². The number of fused-ring (bicyclic) bond motifs is 1. The number of ether oxygens (including phenoxy) is 2. The van der Waals surface area contributed by atoms with Crippen LogP contribution in [-0.4, -0.2) is 41.4 Å². The van der Waals surface area contributed by atoms with Crippen molar-refractivity contribution < 1.29 is 14.6 Å². The summed E-state index contributed by atoms with van der Waals surface area (Å²) in [5, 5.41) is 14.1. The maximum Gasteiger partial charge on any atom is 0.224 e. The largest absolute Gasteiger partial charge is 0.493 e. The first-order valence-electron chi connectivity index (χ1n) is 7.64. The molecule has 0 unspecified atom stereocenters. The number of halogens is 1. The molecule has 1 aliphatic rings. The molecule has 124 valence electrons. The van der Waals surface area contributed by atoms with Gasteiger partial charge in [0, 0.05) is 17.5 Å². The Morgan fingerprint density at radius 1 is 1.09 bits per heavy atom. The number of aromatic nitrogens is 2. The van der Waals surface area contributed by atoms with Gasteiger partial charge in [0.25, 0.3) is 0 Å². The van der Waals surface area contributed by atoms with Crippen molar-refractivity contribution in [2.24, 2.45) is 0 Å². The quantitative estimate of drug-likeness (QED) is 0.835. The minimum atomic E-state index is -0.192. The van der Waals surface area contributed by atoms with Crippen LogP contribution in [0.1, 0.15) is 25.7 Å². The molecule has 0 aliphatic heterocycles. The lowest BCUT2D eigenvalue weighted by molar-refractivity contribution is 0.126. The predicted octanol–water partition coefficient (Wildman–Crippen LogP) is 3.02. The Morgan fingerprint density at radius 2 is 1.74 bits per heavy atom. The Morgan fingerprint density at radius 3 is 2.39 bits per heavy atom. The third-order valence-corrected chi connectivity index (χ3v) is 4.38. The summed E-state index contributed by atoms with van der Waals surface area (Å²) in [6, 6.07) is 3.91. The van der Waals surface area contributed by atoms with Gasteiger partial charge in [-0.05, 0) is 43.4 Å². The zero-order chi connectivity index (χ0) is 16.4. The highest BCUT2D eigenvalue weighted by Crippen LogP contribution is 2.35. The molecule has 3 rings (SSSR count). The summed E-state index contributed by atoms with van der Waals surface area (Å²) in [7, 11) is 3.18. The number of nitrogens with one attached hydrogen (secondary N) is 1. The molecule has 23 heavy (non-hydrogen) atoms. The number of aliphatic hydroxyl groups excluding tert-OH is 1. The van der Waals surface area contributed by atoms with Crippen LogP contribution in [0, 0.1) is 0 Å².